The number of alkyl carbamates (subject to hydrolysis) is 1. The average molecular weight is 547 g/mol. The second-order valence-corrected chi connectivity index (χ2v) is 11.7. The number of carbonyl (C=O) groups is 3. The van der Waals surface area contributed by atoms with Gasteiger partial charge in [0, 0.05) is 25.2 Å². The normalized spacial score (nSPS) is 18.9. The maximum Gasteiger partial charge on any atom is 0.407 e. The van der Waals surface area contributed by atoms with Crippen molar-refractivity contribution in [2.24, 2.45) is 0 Å². The molecule has 3 amide bonds. The molecule has 40 heavy (non-hydrogen) atoms. The van der Waals surface area contributed by atoms with Gasteiger partial charge < -0.3 is 15.4 Å². The third-order valence-corrected chi connectivity index (χ3v) is 7.20. The van der Waals surface area contributed by atoms with Gasteiger partial charge in [0.1, 0.15) is 11.6 Å². The van der Waals surface area contributed by atoms with Gasteiger partial charge in [0.2, 0.25) is 11.8 Å². The molecular weight excluding hydrogens is 504 g/mol. The van der Waals surface area contributed by atoms with Crippen LogP contribution in [-0.4, -0.2) is 54.1 Å². The number of anilines is 1. The molecule has 1 unspecified atom stereocenters. The summed E-state index contributed by atoms with van der Waals surface area (Å²) in [6, 6.07) is 16.7. The highest BCUT2D eigenvalue weighted by atomic mass is 16.6. The fourth-order valence-electron chi connectivity index (χ4n) is 5.15. The highest BCUT2D eigenvalue weighted by molar-refractivity contribution is 6.01. The van der Waals surface area contributed by atoms with E-state index in [4.69, 9.17) is 4.74 Å². The Hall–Kier alpha value is -3.65. The van der Waals surface area contributed by atoms with E-state index in [1.807, 2.05) is 32.9 Å². The lowest BCUT2D eigenvalue weighted by Gasteiger charge is -2.32. The summed E-state index contributed by atoms with van der Waals surface area (Å²) in [7, 11) is 0. The van der Waals surface area contributed by atoms with E-state index >= 15 is 0 Å². The number of nitrogens with zero attached hydrogens (tertiary/aromatic N) is 1. The SMILES string of the molecule is CC(C)(C)OC(=O)NCC/C=C/c1cccc(CN2CCC(c3ccc(NC4CCC(=O)NC4=O)cc3)CC2)c1. The summed E-state index contributed by atoms with van der Waals surface area (Å²) in [6.07, 6.45) is 7.66. The third kappa shape index (κ3) is 9.23. The van der Waals surface area contributed by atoms with E-state index in [-0.39, 0.29) is 23.9 Å². The van der Waals surface area contributed by atoms with Crippen LogP contribution in [0.15, 0.2) is 54.6 Å². The first-order valence-electron chi connectivity index (χ1n) is 14.3. The Bertz CT molecular complexity index is 1190. The molecule has 0 bridgehead atoms. The van der Waals surface area contributed by atoms with E-state index in [0.29, 0.717) is 25.3 Å². The van der Waals surface area contributed by atoms with Crippen LogP contribution in [0.5, 0.6) is 0 Å². The molecule has 0 aromatic heterocycles. The van der Waals surface area contributed by atoms with Crippen LogP contribution in [0.25, 0.3) is 6.08 Å². The number of rotatable bonds is 9. The molecule has 2 saturated heterocycles. The van der Waals surface area contributed by atoms with Gasteiger partial charge in [0.25, 0.3) is 0 Å². The van der Waals surface area contributed by atoms with Gasteiger partial charge in [-0.25, -0.2) is 4.79 Å². The number of ether oxygens (including phenoxy) is 1. The Morgan fingerprint density at radius 1 is 1.07 bits per heavy atom. The predicted molar refractivity (Wildman–Crippen MR) is 158 cm³/mol. The van der Waals surface area contributed by atoms with Crippen molar-refractivity contribution in [2.75, 3.05) is 25.0 Å². The number of hydrogen-bond donors (Lipinski definition) is 3. The Morgan fingerprint density at radius 2 is 1.82 bits per heavy atom. The molecule has 8 nitrogen and oxygen atoms in total. The van der Waals surface area contributed by atoms with Crippen molar-refractivity contribution in [1.29, 1.82) is 0 Å². The molecule has 214 valence electrons. The summed E-state index contributed by atoms with van der Waals surface area (Å²) in [5.41, 5.74) is 4.22. The molecule has 8 heteroatoms. The number of imide groups is 1. The quantitative estimate of drug-likeness (QED) is 0.295. The summed E-state index contributed by atoms with van der Waals surface area (Å²) >= 11 is 0. The van der Waals surface area contributed by atoms with E-state index in [9.17, 15) is 14.4 Å². The molecule has 2 aliphatic rings. The summed E-state index contributed by atoms with van der Waals surface area (Å²) in [5.74, 6) is 0.0853. The van der Waals surface area contributed by atoms with Crippen molar-refractivity contribution in [3.8, 4) is 0 Å². The molecule has 2 fully saturated rings. The highest BCUT2D eigenvalue weighted by Gasteiger charge is 2.26. The first kappa shape index (κ1) is 29.3. The van der Waals surface area contributed by atoms with Crippen molar-refractivity contribution in [1.82, 2.24) is 15.5 Å². The first-order chi connectivity index (χ1) is 19.1. The maximum atomic E-state index is 12.0. The molecule has 2 aliphatic heterocycles. The minimum absolute atomic E-state index is 0.198. The zero-order valence-electron chi connectivity index (χ0n) is 23.9. The van der Waals surface area contributed by atoms with Crippen molar-refractivity contribution >= 4 is 29.7 Å². The molecule has 2 aromatic carbocycles. The minimum atomic E-state index is -0.486. The Labute approximate surface area is 237 Å². The lowest BCUT2D eigenvalue weighted by Crippen LogP contribution is -2.47. The van der Waals surface area contributed by atoms with Gasteiger partial charge in [-0.1, -0.05) is 48.6 Å². The number of piperidine rings is 2. The van der Waals surface area contributed by atoms with Crippen LogP contribution in [0.3, 0.4) is 0 Å². The summed E-state index contributed by atoms with van der Waals surface area (Å²) in [6.45, 7) is 9.14. The smallest absolute Gasteiger partial charge is 0.407 e. The monoisotopic (exact) mass is 546 g/mol. The number of likely N-dealkylation sites (tertiary alicyclic amines) is 1. The van der Waals surface area contributed by atoms with Gasteiger partial charge in [-0.3, -0.25) is 19.8 Å². The second kappa shape index (κ2) is 13.6. The Balaban J connectivity index is 1.19. The first-order valence-corrected chi connectivity index (χ1v) is 14.3. The highest BCUT2D eigenvalue weighted by Crippen LogP contribution is 2.30. The summed E-state index contributed by atoms with van der Waals surface area (Å²) in [5, 5.41) is 8.43. The van der Waals surface area contributed by atoms with Gasteiger partial charge in [-0.05, 0) is 94.3 Å². The molecule has 2 aromatic rings. The molecular formula is C32H42N4O4. The topological polar surface area (TPSA) is 99.8 Å². The van der Waals surface area contributed by atoms with Crippen LogP contribution >= 0.6 is 0 Å². The molecule has 2 heterocycles. The average Bonchev–Trinajstić information content (AvgIpc) is 2.90. The Kier molecular flexibility index (Phi) is 9.98. The molecule has 0 spiro atoms. The van der Waals surface area contributed by atoms with Gasteiger partial charge in [-0.2, -0.15) is 0 Å². The van der Waals surface area contributed by atoms with Crippen LogP contribution in [0.2, 0.25) is 0 Å². The van der Waals surface area contributed by atoms with Crippen LogP contribution in [-0.2, 0) is 20.9 Å². The van der Waals surface area contributed by atoms with Gasteiger partial charge in [0.15, 0.2) is 0 Å². The third-order valence-electron chi connectivity index (χ3n) is 7.20. The molecule has 0 aliphatic carbocycles. The molecule has 3 N–H and O–H groups in total. The van der Waals surface area contributed by atoms with E-state index in [1.165, 1.54) is 11.1 Å². The summed E-state index contributed by atoms with van der Waals surface area (Å²) in [4.78, 5) is 37.6. The van der Waals surface area contributed by atoms with Crippen LogP contribution in [0.4, 0.5) is 10.5 Å². The van der Waals surface area contributed by atoms with Gasteiger partial charge >= 0.3 is 6.09 Å². The predicted octanol–water partition coefficient (Wildman–Crippen LogP) is 5.21. The molecule has 4 rings (SSSR count). The van der Waals surface area contributed by atoms with Crippen LogP contribution in [0.1, 0.15) is 75.5 Å². The van der Waals surface area contributed by atoms with Gasteiger partial charge in [0.05, 0.1) is 0 Å². The van der Waals surface area contributed by atoms with Crippen molar-refractivity contribution in [3.63, 3.8) is 0 Å². The maximum absolute atomic E-state index is 12.0. The zero-order valence-corrected chi connectivity index (χ0v) is 23.9. The number of benzene rings is 2. The lowest BCUT2D eigenvalue weighted by molar-refractivity contribution is -0.133. The fraction of sp³-hybridized carbons (Fsp3) is 0.469. The number of nitrogens with one attached hydrogen (secondary N) is 3. The molecule has 0 saturated carbocycles. The fourth-order valence-corrected chi connectivity index (χ4v) is 5.15. The van der Waals surface area contributed by atoms with E-state index in [2.05, 4.69) is 69.4 Å². The number of amides is 3. The van der Waals surface area contributed by atoms with Crippen molar-refractivity contribution in [3.05, 3.63) is 71.3 Å². The number of carbonyl (C=O) groups excluding carboxylic acids is 3. The van der Waals surface area contributed by atoms with Crippen LogP contribution in [0, 0.1) is 0 Å². The number of hydrogen-bond acceptors (Lipinski definition) is 6. The standard InChI is InChI=1S/C32H42N4O4/c1-32(2,3)40-31(39)33-18-5-4-7-23-8-6-9-24(21-23)22-36-19-16-26(17-20-36)25-10-12-27(13-11-25)34-28-14-15-29(37)35-30(28)38/h4,6-13,21,26,28,34H,5,14-20,22H2,1-3H3,(H,33,39)(H,35,37,38)/b7-4+. The lowest BCUT2D eigenvalue weighted by atomic mass is 9.89. The largest absolute Gasteiger partial charge is 0.444 e. The van der Waals surface area contributed by atoms with Crippen molar-refractivity contribution in [2.45, 2.75) is 77.0 Å². The Morgan fingerprint density at radius 3 is 2.52 bits per heavy atom. The summed E-state index contributed by atoms with van der Waals surface area (Å²) < 4.78 is 5.26. The van der Waals surface area contributed by atoms with Gasteiger partial charge in [-0.15, -0.1) is 0 Å². The second-order valence-electron chi connectivity index (χ2n) is 11.7. The minimum Gasteiger partial charge on any atom is -0.444 e. The van der Waals surface area contributed by atoms with E-state index < -0.39 is 5.60 Å². The van der Waals surface area contributed by atoms with Crippen LogP contribution < -0.4 is 16.0 Å². The van der Waals surface area contributed by atoms with E-state index in [1.54, 1.807) is 0 Å². The van der Waals surface area contributed by atoms with Crippen molar-refractivity contribution < 1.29 is 19.1 Å². The molecule has 0 radical (unpaired) electrons. The van der Waals surface area contributed by atoms with E-state index in [0.717, 1.165) is 50.1 Å². The zero-order chi connectivity index (χ0) is 28.5. The molecule has 1 atom stereocenters.